The van der Waals surface area contributed by atoms with Crippen LogP contribution >= 0.6 is 0 Å². The quantitative estimate of drug-likeness (QED) is 0.281. The van der Waals surface area contributed by atoms with Crippen LogP contribution in [-0.4, -0.2) is 29.4 Å². The second kappa shape index (κ2) is 5.17. The van der Waals surface area contributed by atoms with Gasteiger partial charge in [-0.3, -0.25) is 4.72 Å². The van der Waals surface area contributed by atoms with Crippen molar-refractivity contribution in [1.29, 1.82) is 0 Å². The molecule has 0 saturated carbocycles. The summed E-state index contributed by atoms with van der Waals surface area (Å²) in [7, 11) is -3.93. The van der Waals surface area contributed by atoms with Gasteiger partial charge < -0.3 is 15.9 Å². The van der Waals surface area contributed by atoms with Crippen LogP contribution in [-0.2, 0) is 10.0 Å². The van der Waals surface area contributed by atoms with Gasteiger partial charge >= 0.3 is 0 Å². The first-order chi connectivity index (χ1) is 9.44. The molecule has 106 valence electrons. The number of oxime groups is 1. The van der Waals surface area contributed by atoms with E-state index in [1.54, 1.807) is 0 Å². The van der Waals surface area contributed by atoms with Crippen LogP contribution in [0.1, 0.15) is 5.56 Å². The molecule has 20 heavy (non-hydrogen) atoms. The summed E-state index contributed by atoms with van der Waals surface area (Å²) in [4.78, 5) is 6.02. The molecule has 0 spiro atoms. The van der Waals surface area contributed by atoms with E-state index >= 15 is 0 Å². The van der Waals surface area contributed by atoms with E-state index in [0.717, 1.165) is 24.4 Å². The van der Waals surface area contributed by atoms with Gasteiger partial charge in [0, 0.05) is 5.56 Å². The van der Waals surface area contributed by atoms with Gasteiger partial charge in [0.25, 0.3) is 10.0 Å². The first kappa shape index (κ1) is 13.8. The molecule has 0 saturated heterocycles. The Morgan fingerprint density at radius 3 is 2.85 bits per heavy atom. The summed E-state index contributed by atoms with van der Waals surface area (Å²) in [5.74, 6) is -1.08. The third kappa shape index (κ3) is 2.69. The molecule has 0 unspecified atom stereocenters. The van der Waals surface area contributed by atoms with Crippen molar-refractivity contribution < 1.29 is 18.0 Å². The molecule has 2 rings (SSSR count). The molecule has 0 radical (unpaired) electrons. The summed E-state index contributed by atoms with van der Waals surface area (Å²) in [6.07, 6.45) is 2.30. The Morgan fingerprint density at radius 1 is 1.50 bits per heavy atom. The molecule has 2 aromatic rings. The molecule has 5 N–H and O–H groups in total. The lowest BCUT2D eigenvalue weighted by Crippen LogP contribution is -2.20. The molecule has 0 aliphatic rings. The van der Waals surface area contributed by atoms with Gasteiger partial charge in [-0.1, -0.05) is 5.16 Å². The highest BCUT2D eigenvalue weighted by molar-refractivity contribution is 7.92. The van der Waals surface area contributed by atoms with Crippen molar-refractivity contribution in [3.63, 3.8) is 0 Å². The summed E-state index contributed by atoms with van der Waals surface area (Å²) in [6.45, 7) is 0. The third-order valence-corrected chi connectivity index (χ3v) is 3.66. The normalized spacial score (nSPS) is 12.3. The Bertz CT molecular complexity index is 742. The maximum absolute atomic E-state index is 13.2. The first-order valence-electron chi connectivity index (χ1n) is 5.22. The number of nitrogens with zero attached hydrogens (tertiary/aromatic N) is 2. The molecule has 0 atom stereocenters. The van der Waals surface area contributed by atoms with Gasteiger partial charge in [-0.15, -0.1) is 0 Å². The smallest absolute Gasteiger partial charge is 0.278 e. The number of nitrogens with one attached hydrogen (secondary N) is 2. The van der Waals surface area contributed by atoms with E-state index in [4.69, 9.17) is 10.9 Å². The van der Waals surface area contributed by atoms with E-state index < -0.39 is 21.7 Å². The minimum Gasteiger partial charge on any atom is -0.409 e. The van der Waals surface area contributed by atoms with Crippen LogP contribution in [0, 0.1) is 5.82 Å². The van der Waals surface area contributed by atoms with Crippen LogP contribution in [0.25, 0.3) is 0 Å². The molecule has 0 bridgehead atoms. The molecular weight excluding hydrogens is 289 g/mol. The Labute approximate surface area is 113 Å². The van der Waals surface area contributed by atoms with E-state index in [1.165, 1.54) is 6.33 Å². The molecule has 10 heteroatoms. The van der Waals surface area contributed by atoms with Crippen molar-refractivity contribution in [2.24, 2.45) is 10.9 Å². The van der Waals surface area contributed by atoms with Crippen molar-refractivity contribution >= 4 is 21.5 Å². The molecule has 0 fully saturated rings. The molecule has 8 nitrogen and oxygen atoms in total. The number of hydrogen-bond donors (Lipinski definition) is 4. The van der Waals surface area contributed by atoms with Gasteiger partial charge in [0.2, 0.25) is 0 Å². The maximum atomic E-state index is 13.2. The summed E-state index contributed by atoms with van der Waals surface area (Å²) in [5.41, 5.74) is 5.26. The first-order valence-corrected chi connectivity index (χ1v) is 6.71. The number of rotatable bonds is 4. The topological polar surface area (TPSA) is 133 Å². The molecule has 0 amide bonds. The zero-order chi connectivity index (χ0) is 14.8. The minimum atomic E-state index is -3.93. The van der Waals surface area contributed by atoms with Crippen LogP contribution < -0.4 is 10.5 Å². The lowest BCUT2D eigenvalue weighted by molar-refractivity contribution is 0.318. The molecule has 1 heterocycles. The average molecular weight is 299 g/mol. The van der Waals surface area contributed by atoms with Crippen LogP contribution in [0.4, 0.5) is 10.1 Å². The molecule has 1 aromatic carbocycles. The predicted octanol–water partition coefficient (Wildman–Crippen LogP) is 0.444. The van der Waals surface area contributed by atoms with E-state index in [-0.39, 0.29) is 16.3 Å². The predicted molar refractivity (Wildman–Crippen MR) is 68.3 cm³/mol. The lowest BCUT2D eigenvalue weighted by atomic mass is 10.1. The number of aromatic amines is 1. The van der Waals surface area contributed by atoms with Crippen molar-refractivity contribution in [2.45, 2.75) is 5.03 Å². The van der Waals surface area contributed by atoms with Gasteiger partial charge in [-0.05, 0) is 18.2 Å². The Kier molecular flexibility index (Phi) is 3.57. The van der Waals surface area contributed by atoms with Crippen LogP contribution in [0.3, 0.4) is 0 Å². The second-order valence-electron chi connectivity index (χ2n) is 3.70. The summed E-state index contributed by atoms with van der Waals surface area (Å²) < 4.78 is 39.3. The zero-order valence-corrected chi connectivity index (χ0v) is 10.7. The van der Waals surface area contributed by atoms with Crippen molar-refractivity contribution in [1.82, 2.24) is 9.97 Å². The lowest BCUT2D eigenvalue weighted by Gasteiger charge is -2.10. The molecule has 1 aromatic heterocycles. The fourth-order valence-electron chi connectivity index (χ4n) is 1.46. The number of benzene rings is 1. The fraction of sp³-hybridized carbons (Fsp3) is 0. The van der Waals surface area contributed by atoms with Gasteiger partial charge in [0.15, 0.2) is 10.9 Å². The molecular formula is C10H10FN5O3S. The van der Waals surface area contributed by atoms with Gasteiger partial charge in [-0.2, -0.15) is 8.42 Å². The zero-order valence-electron chi connectivity index (χ0n) is 9.91. The number of hydrogen-bond acceptors (Lipinski definition) is 5. The number of anilines is 1. The van der Waals surface area contributed by atoms with Crippen molar-refractivity contribution in [3.05, 3.63) is 42.1 Å². The summed E-state index contributed by atoms with van der Waals surface area (Å²) in [6, 6.07) is 3.15. The number of H-pyrrole nitrogens is 1. The number of imidazole rings is 1. The largest absolute Gasteiger partial charge is 0.409 e. The third-order valence-electron chi connectivity index (χ3n) is 2.37. The van der Waals surface area contributed by atoms with Crippen LogP contribution in [0.15, 0.2) is 40.9 Å². The van der Waals surface area contributed by atoms with E-state index in [9.17, 15) is 12.8 Å². The van der Waals surface area contributed by atoms with E-state index in [2.05, 4.69) is 19.8 Å². The van der Waals surface area contributed by atoms with Crippen LogP contribution in [0.2, 0.25) is 0 Å². The SMILES string of the molecule is N/C(=N/O)c1cc(F)ccc1NS(=O)(=O)c1cnc[nH]1. The highest BCUT2D eigenvalue weighted by Gasteiger charge is 2.19. The van der Waals surface area contributed by atoms with E-state index in [1.807, 2.05) is 0 Å². The average Bonchev–Trinajstić information content (AvgIpc) is 2.94. The van der Waals surface area contributed by atoms with Gasteiger partial charge in [0.1, 0.15) is 5.82 Å². The Balaban J connectivity index is 2.45. The highest BCUT2D eigenvalue weighted by atomic mass is 32.2. The number of nitrogens with two attached hydrogens (primary N) is 1. The van der Waals surface area contributed by atoms with Gasteiger partial charge in [0.05, 0.1) is 18.2 Å². The van der Waals surface area contributed by atoms with Crippen LogP contribution in [0.5, 0.6) is 0 Å². The standard InChI is InChI=1S/C10H10FN5O3S/c11-6-1-2-8(7(3-6)10(12)15-17)16-20(18,19)9-4-13-5-14-9/h1-5,16-17H,(H2,12,15)(H,13,14). The highest BCUT2D eigenvalue weighted by Crippen LogP contribution is 2.20. The minimum absolute atomic E-state index is 0.0312. The molecule has 0 aliphatic carbocycles. The van der Waals surface area contributed by atoms with Gasteiger partial charge in [-0.25, -0.2) is 9.37 Å². The van der Waals surface area contributed by atoms with E-state index in [0.29, 0.717) is 0 Å². The van der Waals surface area contributed by atoms with Crippen molar-refractivity contribution in [2.75, 3.05) is 4.72 Å². The summed E-state index contributed by atoms with van der Waals surface area (Å²) >= 11 is 0. The fourth-order valence-corrected chi connectivity index (χ4v) is 2.45. The number of amidine groups is 1. The van der Waals surface area contributed by atoms with Crippen molar-refractivity contribution in [3.8, 4) is 0 Å². The molecule has 0 aliphatic heterocycles. The summed E-state index contributed by atoms with van der Waals surface area (Å²) in [5, 5.41) is 11.2. The second-order valence-corrected chi connectivity index (χ2v) is 5.35. The Morgan fingerprint density at radius 2 is 2.25 bits per heavy atom. The monoisotopic (exact) mass is 299 g/mol. The number of sulfonamides is 1. The number of halogens is 1. The Hall–Kier alpha value is -2.62. The number of aromatic nitrogens is 2. The maximum Gasteiger partial charge on any atom is 0.278 e.